The smallest absolute Gasteiger partial charge is 0.149 e. The molecule has 17 heavy (non-hydrogen) atoms. The minimum atomic E-state index is 0.465. The molecule has 1 aromatic heterocycles. The predicted molar refractivity (Wildman–Crippen MR) is 73.0 cm³/mol. The average molecular weight is 233 g/mol. The van der Waals surface area contributed by atoms with Gasteiger partial charge in [0.15, 0.2) is 0 Å². The van der Waals surface area contributed by atoms with Crippen LogP contribution in [0.3, 0.4) is 0 Å². The summed E-state index contributed by atoms with van der Waals surface area (Å²) >= 11 is 0. The van der Waals surface area contributed by atoms with Crippen molar-refractivity contribution in [1.82, 2.24) is 4.98 Å². The summed E-state index contributed by atoms with van der Waals surface area (Å²) in [7, 11) is 0. The third-order valence-electron chi connectivity index (χ3n) is 3.79. The summed E-state index contributed by atoms with van der Waals surface area (Å²) in [4.78, 5) is 4.47. The van der Waals surface area contributed by atoms with Gasteiger partial charge in [-0.3, -0.25) is 0 Å². The third kappa shape index (κ3) is 3.11. The van der Waals surface area contributed by atoms with Crippen molar-refractivity contribution in [2.75, 3.05) is 11.1 Å². The van der Waals surface area contributed by atoms with Crippen molar-refractivity contribution in [3.05, 3.63) is 17.8 Å². The van der Waals surface area contributed by atoms with Crippen molar-refractivity contribution in [2.24, 2.45) is 5.92 Å². The molecular formula is C14H23N3. The summed E-state index contributed by atoms with van der Waals surface area (Å²) in [6, 6.07) is 4.34. The van der Waals surface area contributed by atoms with Gasteiger partial charge in [-0.2, -0.15) is 0 Å². The number of nitrogen functional groups attached to an aromatic ring is 1. The second-order valence-corrected chi connectivity index (χ2v) is 5.22. The molecule has 0 aromatic carbocycles. The summed E-state index contributed by atoms with van der Waals surface area (Å²) in [6.45, 7) is 4.25. The van der Waals surface area contributed by atoms with Gasteiger partial charge in [-0.15, -0.1) is 0 Å². The number of nitrogens with two attached hydrogens (primary N) is 1. The van der Waals surface area contributed by atoms with Crippen molar-refractivity contribution in [3.8, 4) is 0 Å². The van der Waals surface area contributed by atoms with E-state index in [1.165, 1.54) is 32.1 Å². The van der Waals surface area contributed by atoms with E-state index in [2.05, 4.69) is 17.2 Å². The van der Waals surface area contributed by atoms with Crippen LogP contribution in [-0.4, -0.2) is 11.0 Å². The molecule has 1 fully saturated rings. The van der Waals surface area contributed by atoms with Crippen LogP contribution in [0.4, 0.5) is 11.5 Å². The number of pyridine rings is 1. The van der Waals surface area contributed by atoms with Crippen LogP contribution < -0.4 is 11.1 Å². The third-order valence-corrected chi connectivity index (χ3v) is 3.79. The topological polar surface area (TPSA) is 50.9 Å². The van der Waals surface area contributed by atoms with E-state index in [1.807, 2.05) is 19.1 Å². The molecule has 1 unspecified atom stereocenters. The van der Waals surface area contributed by atoms with Crippen molar-refractivity contribution < 1.29 is 0 Å². The van der Waals surface area contributed by atoms with E-state index in [-0.39, 0.29) is 0 Å². The van der Waals surface area contributed by atoms with E-state index in [1.54, 1.807) is 0 Å². The maximum atomic E-state index is 5.94. The van der Waals surface area contributed by atoms with Gasteiger partial charge in [0.2, 0.25) is 0 Å². The van der Waals surface area contributed by atoms with Gasteiger partial charge in [-0.25, -0.2) is 4.98 Å². The Morgan fingerprint density at radius 1 is 1.29 bits per heavy atom. The van der Waals surface area contributed by atoms with Crippen molar-refractivity contribution in [2.45, 2.75) is 52.0 Å². The van der Waals surface area contributed by atoms with Gasteiger partial charge >= 0.3 is 0 Å². The van der Waals surface area contributed by atoms with Gasteiger partial charge in [0.05, 0.1) is 5.69 Å². The molecule has 94 valence electrons. The van der Waals surface area contributed by atoms with Crippen molar-refractivity contribution in [3.63, 3.8) is 0 Å². The number of hydrogen-bond acceptors (Lipinski definition) is 3. The van der Waals surface area contributed by atoms with Gasteiger partial charge in [0, 0.05) is 11.7 Å². The zero-order valence-corrected chi connectivity index (χ0v) is 10.9. The highest BCUT2D eigenvalue weighted by Gasteiger charge is 2.20. The van der Waals surface area contributed by atoms with Crippen molar-refractivity contribution >= 4 is 11.5 Å². The quantitative estimate of drug-likeness (QED) is 0.841. The highest BCUT2D eigenvalue weighted by atomic mass is 15.0. The van der Waals surface area contributed by atoms with Crippen LogP contribution in [-0.2, 0) is 0 Å². The fraction of sp³-hybridized carbons (Fsp3) is 0.643. The van der Waals surface area contributed by atoms with E-state index in [4.69, 9.17) is 5.73 Å². The number of hydrogen-bond donors (Lipinski definition) is 2. The molecule has 1 heterocycles. The first-order chi connectivity index (χ1) is 8.16. The second kappa shape index (κ2) is 5.39. The minimum Gasteiger partial charge on any atom is -0.396 e. The number of rotatable bonds is 3. The number of aryl methyl sites for hydroxylation is 1. The van der Waals surface area contributed by atoms with Crippen LogP contribution in [0.15, 0.2) is 12.1 Å². The average Bonchev–Trinajstić information content (AvgIpc) is 2.35. The molecule has 3 N–H and O–H groups in total. The molecule has 1 saturated carbocycles. The van der Waals surface area contributed by atoms with Gasteiger partial charge in [-0.1, -0.05) is 19.3 Å². The molecule has 0 bridgehead atoms. The van der Waals surface area contributed by atoms with Crippen LogP contribution in [0, 0.1) is 12.8 Å². The summed E-state index contributed by atoms with van der Waals surface area (Å²) in [5, 5.41) is 3.48. The lowest BCUT2D eigenvalue weighted by Gasteiger charge is -2.29. The molecule has 0 amide bonds. The monoisotopic (exact) mass is 233 g/mol. The fourth-order valence-corrected chi connectivity index (χ4v) is 2.65. The standard InChI is InChI=1S/C14H23N3/c1-10-8-9-13(15)14(16-10)17-11(2)12-6-4-3-5-7-12/h8-9,11-12H,3-7,15H2,1-2H3,(H,16,17). The SMILES string of the molecule is Cc1ccc(N)c(NC(C)C2CCCCC2)n1. The highest BCUT2D eigenvalue weighted by Crippen LogP contribution is 2.28. The van der Waals surface area contributed by atoms with E-state index in [0.717, 1.165) is 23.1 Å². The van der Waals surface area contributed by atoms with E-state index in [9.17, 15) is 0 Å². The van der Waals surface area contributed by atoms with Gasteiger partial charge < -0.3 is 11.1 Å². The van der Waals surface area contributed by atoms with Crippen LogP contribution in [0.5, 0.6) is 0 Å². The van der Waals surface area contributed by atoms with Gasteiger partial charge in [0.1, 0.15) is 5.82 Å². The van der Waals surface area contributed by atoms with Gasteiger partial charge in [0.25, 0.3) is 0 Å². The number of nitrogens with one attached hydrogen (secondary N) is 1. The maximum absolute atomic E-state index is 5.94. The maximum Gasteiger partial charge on any atom is 0.149 e. The Labute approximate surface area is 104 Å². The highest BCUT2D eigenvalue weighted by molar-refractivity contribution is 5.61. The summed E-state index contributed by atoms with van der Waals surface area (Å²) < 4.78 is 0. The first kappa shape index (κ1) is 12.2. The first-order valence-electron chi connectivity index (χ1n) is 6.66. The molecule has 3 heteroatoms. The predicted octanol–water partition coefficient (Wildman–Crippen LogP) is 3.35. The number of anilines is 2. The molecule has 2 rings (SSSR count). The molecule has 0 aliphatic heterocycles. The summed E-state index contributed by atoms with van der Waals surface area (Å²) in [5.41, 5.74) is 7.70. The Hall–Kier alpha value is -1.25. The molecule has 1 atom stereocenters. The molecular weight excluding hydrogens is 210 g/mol. The summed E-state index contributed by atoms with van der Waals surface area (Å²) in [6.07, 6.45) is 6.80. The zero-order chi connectivity index (χ0) is 12.3. The van der Waals surface area contributed by atoms with Crippen LogP contribution in [0.1, 0.15) is 44.7 Å². The molecule has 1 aromatic rings. The lowest BCUT2D eigenvalue weighted by Crippen LogP contribution is -2.28. The normalized spacial score (nSPS) is 18.9. The Bertz CT molecular complexity index is 370. The second-order valence-electron chi connectivity index (χ2n) is 5.22. The molecule has 3 nitrogen and oxygen atoms in total. The lowest BCUT2D eigenvalue weighted by molar-refractivity contribution is 0.328. The Kier molecular flexibility index (Phi) is 3.87. The number of aromatic nitrogens is 1. The first-order valence-corrected chi connectivity index (χ1v) is 6.66. The Morgan fingerprint density at radius 3 is 2.71 bits per heavy atom. The summed E-state index contributed by atoms with van der Waals surface area (Å²) in [5.74, 6) is 1.62. The molecule has 0 spiro atoms. The molecule has 1 aliphatic rings. The van der Waals surface area contributed by atoms with E-state index in [0.29, 0.717) is 6.04 Å². The Balaban J connectivity index is 2.01. The van der Waals surface area contributed by atoms with E-state index >= 15 is 0 Å². The fourth-order valence-electron chi connectivity index (χ4n) is 2.65. The lowest BCUT2D eigenvalue weighted by atomic mass is 9.84. The van der Waals surface area contributed by atoms with Crippen molar-refractivity contribution in [1.29, 1.82) is 0 Å². The largest absolute Gasteiger partial charge is 0.396 e. The molecule has 0 saturated heterocycles. The molecule has 0 radical (unpaired) electrons. The molecule has 1 aliphatic carbocycles. The zero-order valence-electron chi connectivity index (χ0n) is 10.9. The van der Waals surface area contributed by atoms with Crippen LogP contribution >= 0.6 is 0 Å². The number of nitrogens with zero attached hydrogens (tertiary/aromatic N) is 1. The van der Waals surface area contributed by atoms with Crippen LogP contribution in [0.2, 0.25) is 0 Å². The minimum absolute atomic E-state index is 0.465. The Morgan fingerprint density at radius 2 is 2.00 bits per heavy atom. The van der Waals surface area contributed by atoms with E-state index < -0.39 is 0 Å². The van der Waals surface area contributed by atoms with Crippen LogP contribution in [0.25, 0.3) is 0 Å². The van der Waals surface area contributed by atoms with Gasteiger partial charge in [-0.05, 0) is 44.7 Å².